The first-order valence-corrected chi connectivity index (χ1v) is 5.92. The van der Waals surface area contributed by atoms with E-state index in [1.165, 1.54) is 17.4 Å². The van der Waals surface area contributed by atoms with Crippen molar-refractivity contribution >= 4 is 28.1 Å². The number of halogens is 2. The Kier molecular flexibility index (Phi) is 3.12. The van der Waals surface area contributed by atoms with Crippen molar-refractivity contribution < 1.29 is 4.39 Å². The molecule has 0 aliphatic rings. The molecule has 16 heavy (non-hydrogen) atoms. The fourth-order valence-corrected chi connectivity index (χ4v) is 2.55. The second-order valence-corrected chi connectivity index (χ2v) is 4.96. The monoisotopic (exact) mass is 256 g/mol. The number of nitrogen functional groups attached to an aromatic ring is 1. The Labute approximate surface area is 102 Å². The van der Waals surface area contributed by atoms with Crippen LogP contribution in [0.1, 0.15) is 16.1 Å². The molecule has 0 aliphatic carbocycles. The van der Waals surface area contributed by atoms with E-state index in [1.54, 1.807) is 12.1 Å². The predicted molar refractivity (Wildman–Crippen MR) is 65.5 cm³/mol. The highest BCUT2D eigenvalue weighted by atomic mass is 35.5. The summed E-state index contributed by atoms with van der Waals surface area (Å²) in [5.74, 6) is -0.293. The van der Waals surface area contributed by atoms with E-state index >= 15 is 0 Å². The van der Waals surface area contributed by atoms with Gasteiger partial charge in [0.25, 0.3) is 0 Å². The van der Waals surface area contributed by atoms with Crippen LogP contribution in [-0.4, -0.2) is 4.98 Å². The minimum atomic E-state index is -0.293. The molecule has 1 aromatic heterocycles. The van der Waals surface area contributed by atoms with Crippen molar-refractivity contribution in [2.24, 2.45) is 0 Å². The fraction of sp³-hybridized carbons (Fsp3) is 0.182. The van der Waals surface area contributed by atoms with Crippen LogP contribution in [0.4, 0.5) is 9.52 Å². The topological polar surface area (TPSA) is 38.9 Å². The highest BCUT2D eigenvalue weighted by molar-refractivity contribution is 7.15. The molecule has 1 aromatic carbocycles. The lowest BCUT2D eigenvalue weighted by atomic mass is 10.1. The maximum Gasteiger partial charge on any atom is 0.180 e. The molecule has 5 heteroatoms. The minimum Gasteiger partial charge on any atom is -0.375 e. The normalized spacial score (nSPS) is 10.7. The molecule has 84 valence electrons. The van der Waals surface area contributed by atoms with Gasteiger partial charge in [0.15, 0.2) is 5.13 Å². The van der Waals surface area contributed by atoms with E-state index in [0.29, 0.717) is 22.1 Å². The van der Waals surface area contributed by atoms with E-state index in [2.05, 4.69) is 4.98 Å². The first-order valence-electron chi connectivity index (χ1n) is 4.72. The lowest BCUT2D eigenvalue weighted by Gasteiger charge is -2.04. The van der Waals surface area contributed by atoms with Crippen molar-refractivity contribution in [2.45, 2.75) is 13.3 Å². The molecule has 1 heterocycles. The third-order valence-electron chi connectivity index (χ3n) is 2.31. The highest BCUT2D eigenvalue weighted by Gasteiger charge is 2.12. The first kappa shape index (κ1) is 11.4. The van der Waals surface area contributed by atoms with Gasteiger partial charge in [-0.2, -0.15) is 0 Å². The lowest BCUT2D eigenvalue weighted by molar-refractivity contribution is 0.614. The van der Waals surface area contributed by atoms with Crippen molar-refractivity contribution in [3.05, 3.63) is 45.2 Å². The molecule has 2 N–H and O–H groups in total. The van der Waals surface area contributed by atoms with Gasteiger partial charge in [-0.05, 0) is 19.1 Å². The lowest BCUT2D eigenvalue weighted by Crippen LogP contribution is -1.93. The summed E-state index contributed by atoms with van der Waals surface area (Å²) in [5, 5.41) is 0.936. The van der Waals surface area contributed by atoms with Crippen LogP contribution < -0.4 is 5.73 Å². The number of thiazole rings is 1. The van der Waals surface area contributed by atoms with Gasteiger partial charge in [-0.1, -0.05) is 17.7 Å². The molecule has 0 saturated carbocycles. The second kappa shape index (κ2) is 4.39. The zero-order chi connectivity index (χ0) is 11.7. The van der Waals surface area contributed by atoms with Gasteiger partial charge in [-0.3, -0.25) is 0 Å². The van der Waals surface area contributed by atoms with Crippen molar-refractivity contribution in [2.75, 3.05) is 5.73 Å². The summed E-state index contributed by atoms with van der Waals surface area (Å²) in [4.78, 5) is 5.05. The number of aryl methyl sites for hydroxylation is 1. The van der Waals surface area contributed by atoms with Gasteiger partial charge >= 0.3 is 0 Å². The summed E-state index contributed by atoms with van der Waals surface area (Å²) in [7, 11) is 0. The zero-order valence-corrected chi connectivity index (χ0v) is 10.2. The van der Waals surface area contributed by atoms with Crippen LogP contribution in [0.25, 0.3) is 0 Å². The van der Waals surface area contributed by atoms with Crippen molar-refractivity contribution in [3.63, 3.8) is 0 Å². The zero-order valence-electron chi connectivity index (χ0n) is 8.63. The van der Waals surface area contributed by atoms with Crippen molar-refractivity contribution in [3.8, 4) is 0 Å². The number of nitrogens with zero attached hydrogens (tertiary/aromatic N) is 1. The standard InChI is InChI=1S/C11H10ClFN2S/c1-6-10(16-11(14)15-6)5-7-8(12)3-2-4-9(7)13/h2-4H,5H2,1H3,(H2,14,15). The number of rotatable bonds is 2. The Morgan fingerprint density at radius 1 is 1.50 bits per heavy atom. The van der Waals surface area contributed by atoms with E-state index in [9.17, 15) is 4.39 Å². The number of aromatic nitrogens is 1. The summed E-state index contributed by atoms with van der Waals surface area (Å²) in [5.41, 5.74) is 6.92. The van der Waals surface area contributed by atoms with Gasteiger partial charge in [-0.15, -0.1) is 11.3 Å². The summed E-state index contributed by atoms with van der Waals surface area (Å²) in [6, 6.07) is 4.68. The Morgan fingerprint density at radius 3 is 2.81 bits per heavy atom. The summed E-state index contributed by atoms with van der Waals surface area (Å²) < 4.78 is 13.5. The SMILES string of the molecule is Cc1nc(N)sc1Cc1c(F)cccc1Cl. The fourth-order valence-electron chi connectivity index (χ4n) is 1.48. The van der Waals surface area contributed by atoms with Crippen LogP contribution in [0, 0.1) is 12.7 Å². The molecule has 0 fully saturated rings. The number of benzene rings is 1. The quantitative estimate of drug-likeness (QED) is 0.894. The molecule has 2 rings (SSSR count). The third kappa shape index (κ3) is 2.18. The Hall–Kier alpha value is -1.13. The van der Waals surface area contributed by atoms with E-state index < -0.39 is 0 Å². The Morgan fingerprint density at radius 2 is 2.25 bits per heavy atom. The van der Waals surface area contributed by atoms with Gasteiger partial charge < -0.3 is 5.73 Å². The maximum absolute atomic E-state index is 13.5. The smallest absolute Gasteiger partial charge is 0.180 e. The highest BCUT2D eigenvalue weighted by Crippen LogP contribution is 2.27. The molecule has 0 radical (unpaired) electrons. The van der Waals surface area contributed by atoms with Gasteiger partial charge in [0.1, 0.15) is 5.82 Å². The third-order valence-corrected chi connectivity index (χ3v) is 3.65. The van der Waals surface area contributed by atoms with Crippen LogP contribution in [0.5, 0.6) is 0 Å². The first-order chi connectivity index (χ1) is 7.58. The van der Waals surface area contributed by atoms with Crippen LogP contribution in [0.2, 0.25) is 5.02 Å². The number of anilines is 1. The van der Waals surface area contributed by atoms with Crippen LogP contribution >= 0.6 is 22.9 Å². The van der Waals surface area contributed by atoms with E-state index in [0.717, 1.165) is 10.6 Å². The maximum atomic E-state index is 13.5. The molecule has 0 spiro atoms. The van der Waals surface area contributed by atoms with Gasteiger partial charge in [0.2, 0.25) is 0 Å². The molecule has 0 aliphatic heterocycles. The average molecular weight is 257 g/mol. The molecule has 0 atom stereocenters. The van der Waals surface area contributed by atoms with Crippen molar-refractivity contribution in [1.29, 1.82) is 0 Å². The summed E-state index contributed by atoms with van der Waals surface area (Å²) >= 11 is 7.32. The molecule has 2 nitrogen and oxygen atoms in total. The van der Waals surface area contributed by atoms with Crippen LogP contribution in [0.15, 0.2) is 18.2 Å². The number of hydrogen-bond acceptors (Lipinski definition) is 3. The van der Waals surface area contributed by atoms with E-state index in [1.807, 2.05) is 6.92 Å². The number of hydrogen-bond donors (Lipinski definition) is 1. The molecule has 0 amide bonds. The largest absolute Gasteiger partial charge is 0.375 e. The van der Waals surface area contributed by atoms with Gasteiger partial charge in [-0.25, -0.2) is 9.37 Å². The Balaban J connectivity index is 2.37. The average Bonchev–Trinajstić information content (AvgIpc) is 2.51. The molecule has 0 saturated heterocycles. The summed E-state index contributed by atoms with van der Waals surface area (Å²) in [6.45, 7) is 1.86. The molecular weight excluding hydrogens is 247 g/mol. The van der Waals surface area contributed by atoms with Crippen LogP contribution in [0.3, 0.4) is 0 Å². The van der Waals surface area contributed by atoms with Crippen LogP contribution in [-0.2, 0) is 6.42 Å². The molecule has 0 unspecified atom stereocenters. The minimum absolute atomic E-state index is 0.293. The van der Waals surface area contributed by atoms with Gasteiger partial charge in [0, 0.05) is 21.9 Å². The predicted octanol–water partition coefficient (Wildman–Crippen LogP) is 3.42. The Bertz CT molecular complexity index is 504. The number of nitrogens with two attached hydrogens (primary N) is 1. The van der Waals surface area contributed by atoms with E-state index in [4.69, 9.17) is 17.3 Å². The van der Waals surface area contributed by atoms with E-state index in [-0.39, 0.29) is 5.82 Å². The summed E-state index contributed by atoms with van der Waals surface area (Å²) in [6.07, 6.45) is 0.437. The molecule has 0 bridgehead atoms. The molecular formula is C11H10ClFN2S. The second-order valence-electron chi connectivity index (χ2n) is 3.44. The molecule has 2 aromatic rings. The van der Waals surface area contributed by atoms with Crippen molar-refractivity contribution in [1.82, 2.24) is 4.98 Å². The van der Waals surface area contributed by atoms with Gasteiger partial charge in [0.05, 0.1) is 5.69 Å².